The monoisotopic (exact) mass is 342 g/mol. The molecule has 2 unspecified atom stereocenters. The van der Waals surface area contributed by atoms with Gasteiger partial charge in [-0.15, -0.1) is 0 Å². The molecule has 0 radical (unpaired) electrons. The molecule has 7 heteroatoms. The Kier molecular flexibility index (Phi) is 7.78. The Morgan fingerprint density at radius 3 is 2.17 bits per heavy atom. The van der Waals surface area contributed by atoms with Crippen molar-refractivity contribution < 1.29 is 23.5 Å². The van der Waals surface area contributed by atoms with Gasteiger partial charge >= 0.3 is 5.97 Å². The van der Waals surface area contributed by atoms with Crippen molar-refractivity contribution in [2.75, 3.05) is 0 Å². The fourth-order valence-corrected chi connectivity index (χ4v) is 2.35. The molecular weight excluding hydrogens is 318 g/mol. The summed E-state index contributed by atoms with van der Waals surface area (Å²) < 4.78 is 26.3. The Morgan fingerprint density at radius 2 is 1.71 bits per heavy atom. The van der Waals surface area contributed by atoms with E-state index in [9.17, 15) is 18.4 Å². The van der Waals surface area contributed by atoms with Crippen molar-refractivity contribution in [3.63, 3.8) is 0 Å². The van der Waals surface area contributed by atoms with Crippen molar-refractivity contribution >= 4 is 11.9 Å². The van der Waals surface area contributed by atoms with Gasteiger partial charge in [0, 0.05) is 12.6 Å². The normalized spacial score (nSPS) is 13.6. The van der Waals surface area contributed by atoms with Crippen molar-refractivity contribution in [1.82, 2.24) is 10.6 Å². The molecular formula is C17H24F2N2O3. The first-order valence-electron chi connectivity index (χ1n) is 7.94. The molecule has 1 aromatic carbocycles. The fraction of sp³-hybridized carbons (Fsp3) is 0.529. The van der Waals surface area contributed by atoms with Crippen LogP contribution in [0.2, 0.25) is 0 Å². The molecule has 0 heterocycles. The molecule has 0 aliphatic heterocycles. The van der Waals surface area contributed by atoms with Gasteiger partial charge < -0.3 is 10.4 Å². The van der Waals surface area contributed by atoms with Crippen molar-refractivity contribution in [3.05, 3.63) is 35.4 Å². The minimum Gasteiger partial charge on any atom is -0.480 e. The van der Waals surface area contributed by atoms with Crippen molar-refractivity contribution in [2.45, 2.75) is 52.2 Å². The van der Waals surface area contributed by atoms with Crippen LogP contribution in [0.25, 0.3) is 0 Å². The van der Waals surface area contributed by atoms with E-state index >= 15 is 0 Å². The van der Waals surface area contributed by atoms with E-state index in [-0.39, 0.29) is 12.5 Å². The van der Waals surface area contributed by atoms with Crippen LogP contribution in [0.3, 0.4) is 0 Å². The lowest BCUT2D eigenvalue weighted by Crippen LogP contribution is -2.51. The summed E-state index contributed by atoms with van der Waals surface area (Å²) in [6.45, 7) is 5.52. The topological polar surface area (TPSA) is 78.4 Å². The van der Waals surface area contributed by atoms with E-state index in [1.54, 1.807) is 6.92 Å². The van der Waals surface area contributed by atoms with Crippen LogP contribution in [-0.2, 0) is 16.1 Å². The second-order valence-electron chi connectivity index (χ2n) is 6.14. The summed E-state index contributed by atoms with van der Waals surface area (Å²) in [5.41, 5.74) is 0.300. The first kappa shape index (κ1) is 20.0. The van der Waals surface area contributed by atoms with E-state index in [1.807, 2.05) is 13.8 Å². The molecule has 0 saturated heterocycles. The largest absolute Gasteiger partial charge is 0.480 e. The molecule has 1 aromatic rings. The highest BCUT2D eigenvalue weighted by Gasteiger charge is 2.25. The summed E-state index contributed by atoms with van der Waals surface area (Å²) >= 11 is 0. The van der Waals surface area contributed by atoms with Gasteiger partial charge in [0.2, 0.25) is 5.91 Å². The van der Waals surface area contributed by atoms with Crippen LogP contribution in [0.15, 0.2) is 18.2 Å². The van der Waals surface area contributed by atoms with Crippen LogP contribution in [0.1, 0.15) is 39.2 Å². The minimum absolute atomic E-state index is 0.0341. The molecule has 0 aliphatic rings. The summed E-state index contributed by atoms with van der Waals surface area (Å²) in [6, 6.07) is 1.52. The van der Waals surface area contributed by atoms with Gasteiger partial charge in [-0.05, 0) is 36.5 Å². The molecule has 24 heavy (non-hydrogen) atoms. The molecule has 0 fully saturated rings. The average Bonchev–Trinajstić information content (AvgIpc) is 2.47. The molecule has 0 aromatic heterocycles. The number of carbonyl (C=O) groups is 2. The highest BCUT2D eigenvalue weighted by atomic mass is 19.1. The molecule has 3 N–H and O–H groups in total. The van der Waals surface area contributed by atoms with Crippen molar-refractivity contribution in [3.8, 4) is 0 Å². The Bertz CT molecular complexity index is 559. The van der Waals surface area contributed by atoms with Gasteiger partial charge in [0.05, 0.1) is 6.04 Å². The van der Waals surface area contributed by atoms with Crippen LogP contribution in [0.5, 0.6) is 0 Å². The smallest absolute Gasteiger partial charge is 0.320 e. The molecule has 0 spiro atoms. The van der Waals surface area contributed by atoms with Crippen molar-refractivity contribution in [2.24, 2.45) is 5.92 Å². The summed E-state index contributed by atoms with van der Waals surface area (Å²) in [5.74, 6) is -2.67. The quantitative estimate of drug-likeness (QED) is 0.644. The number of carboxylic acids is 1. The maximum absolute atomic E-state index is 13.2. The van der Waals surface area contributed by atoms with Crippen LogP contribution in [0, 0.1) is 17.6 Å². The lowest BCUT2D eigenvalue weighted by molar-refractivity contribution is -0.140. The highest BCUT2D eigenvalue weighted by molar-refractivity contribution is 5.83. The molecule has 134 valence electrons. The van der Waals surface area contributed by atoms with E-state index in [2.05, 4.69) is 10.6 Å². The number of hydrogen-bond acceptors (Lipinski definition) is 3. The van der Waals surface area contributed by atoms with E-state index in [0.717, 1.165) is 18.2 Å². The first-order chi connectivity index (χ1) is 11.2. The molecule has 1 rings (SSSR count). The molecule has 0 aliphatic carbocycles. The Hall–Kier alpha value is -2.02. The van der Waals surface area contributed by atoms with E-state index < -0.39 is 35.6 Å². The van der Waals surface area contributed by atoms with E-state index in [0.29, 0.717) is 18.4 Å². The Labute approximate surface area is 140 Å². The van der Waals surface area contributed by atoms with Crippen LogP contribution in [-0.4, -0.2) is 29.1 Å². The van der Waals surface area contributed by atoms with Gasteiger partial charge in [-0.1, -0.05) is 20.8 Å². The van der Waals surface area contributed by atoms with Gasteiger partial charge in [0.1, 0.15) is 17.7 Å². The number of rotatable bonds is 9. The van der Waals surface area contributed by atoms with Crippen LogP contribution < -0.4 is 10.6 Å². The highest BCUT2D eigenvalue weighted by Crippen LogP contribution is 2.10. The summed E-state index contributed by atoms with van der Waals surface area (Å²) in [5, 5.41) is 14.6. The standard InChI is InChI=1S/C17H24F2N2O3/c1-4-14(17(23)24)21-15(5-10(2)3)16(22)20-9-11-6-12(18)8-13(19)7-11/h6-8,10,14-15,21H,4-5,9H2,1-3H3,(H,20,22)(H,23,24). The SMILES string of the molecule is CCC(NC(CC(C)C)C(=O)NCc1cc(F)cc(F)c1)C(=O)O. The molecule has 0 bridgehead atoms. The minimum atomic E-state index is -1.02. The van der Waals surface area contributed by atoms with Gasteiger partial charge in [0.25, 0.3) is 0 Å². The number of nitrogens with one attached hydrogen (secondary N) is 2. The fourth-order valence-electron chi connectivity index (χ4n) is 2.35. The predicted octanol–water partition coefficient (Wildman–Crippen LogP) is 2.45. The maximum Gasteiger partial charge on any atom is 0.320 e. The molecule has 1 amide bonds. The second kappa shape index (κ2) is 9.32. The third-order valence-electron chi connectivity index (χ3n) is 3.52. The van der Waals surface area contributed by atoms with Gasteiger partial charge in [-0.2, -0.15) is 0 Å². The Morgan fingerprint density at radius 1 is 1.12 bits per heavy atom. The number of carboxylic acid groups (broad SMARTS) is 1. The zero-order valence-electron chi connectivity index (χ0n) is 14.1. The molecule has 0 saturated carbocycles. The number of aliphatic carboxylic acids is 1. The lowest BCUT2D eigenvalue weighted by Gasteiger charge is -2.23. The Balaban J connectivity index is 2.74. The lowest BCUT2D eigenvalue weighted by atomic mass is 10.0. The third-order valence-corrected chi connectivity index (χ3v) is 3.52. The molecule has 5 nitrogen and oxygen atoms in total. The van der Waals surface area contributed by atoms with Gasteiger partial charge in [0.15, 0.2) is 0 Å². The number of halogens is 2. The average molecular weight is 342 g/mol. The number of carbonyl (C=O) groups excluding carboxylic acids is 1. The van der Waals surface area contributed by atoms with Crippen molar-refractivity contribution in [1.29, 1.82) is 0 Å². The maximum atomic E-state index is 13.2. The number of benzene rings is 1. The van der Waals surface area contributed by atoms with Crippen LogP contribution in [0.4, 0.5) is 8.78 Å². The van der Waals surface area contributed by atoms with Gasteiger partial charge in [-0.25, -0.2) is 8.78 Å². The third kappa shape index (κ3) is 6.62. The molecule has 2 atom stereocenters. The van der Waals surface area contributed by atoms with E-state index in [4.69, 9.17) is 5.11 Å². The number of hydrogen-bond donors (Lipinski definition) is 3. The van der Waals surface area contributed by atoms with E-state index in [1.165, 1.54) is 0 Å². The summed E-state index contributed by atoms with van der Waals surface area (Å²) in [7, 11) is 0. The van der Waals surface area contributed by atoms with Crippen LogP contribution >= 0.6 is 0 Å². The predicted molar refractivity (Wildman–Crippen MR) is 86.3 cm³/mol. The zero-order valence-corrected chi connectivity index (χ0v) is 14.1. The van der Waals surface area contributed by atoms with Gasteiger partial charge in [-0.3, -0.25) is 14.9 Å². The summed E-state index contributed by atoms with van der Waals surface area (Å²) in [6.07, 6.45) is 0.791. The first-order valence-corrected chi connectivity index (χ1v) is 7.94. The zero-order chi connectivity index (χ0) is 18.3. The summed E-state index contributed by atoms with van der Waals surface area (Å²) in [4.78, 5) is 23.5. The second-order valence-corrected chi connectivity index (χ2v) is 6.14. The number of amides is 1.